The molecule has 0 aliphatic heterocycles. The molecule has 0 aliphatic carbocycles. The van der Waals surface area contributed by atoms with Crippen LogP contribution in [0.1, 0.15) is 0 Å². The van der Waals surface area contributed by atoms with Gasteiger partial charge >= 0.3 is 0 Å². The summed E-state index contributed by atoms with van der Waals surface area (Å²) in [5, 5.41) is 0.712. The van der Waals surface area contributed by atoms with Gasteiger partial charge in [0.1, 0.15) is 5.65 Å². The molecule has 0 bridgehead atoms. The van der Waals surface area contributed by atoms with Gasteiger partial charge in [-0.2, -0.15) is 0 Å². The zero-order valence-corrected chi connectivity index (χ0v) is 10.8. The van der Waals surface area contributed by atoms with Crippen molar-refractivity contribution in [1.82, 2.24) is 19.9 Å². The summed E-state index contributed by atoms with van der Waals surface area (Å²) in [7, 11) is -3.42. The molecule has 0 saturated carbocycles. The van der Waals surface area contributed by atoms with Crippen LogP contribution in [-0.2, 0) is 9.84 Å². The summed E-state index contributed by atoms with van der Waals surface area (Å²) in [6, 6.07) is 5.39. The molecule has 7 heteroatoms. The van der Waals surface area contributed by atoms with Gasteiger partial charge < -0.3 is 4.98 Å². The van der Waals surface area contributed by atoms with Crippen molar-refractivity contribution in [2.24, 2.45) is 0 Å². The van der Waals surface area contributed by atoms with Crippen LogP contribution >= 0.6 is 0 Å². The normalized spacial score (nSPS) is 11.8. The second-order valence-electron chi connectivity index (χ2n) is 4.10. The summed E-state index contributed by atoms with van der Waals surface area (Å²) >= 11 is 0. The molecular formula is C12H10N4O2S. The van der Waals surface area contributed by atoms with E-state index in [4.69, 9.17) is 0 Å². The minimum absolute atomic E-state index is 0.178. The van der Waals surface area contributed by atoms with Crippen molar-refractivity contribution < 1.29 is 8.42 Å². The number of hydrogen-bond donors (Lipinski definition) is 1. The Morgan fingerprint density at radius 2 is 2.00 bits per heavy atom. The maximum Gasteiger partial charge on any atom is 0.247 e. The van der Waals surface area contributed by atoms with Crippen LogP contribution in [0.4, 0.5) is 0 Å². The summed E-state index contributed by atoms with van der Waals surface area (Å²) in [6.45, 7) is 0. The molecule has 3 aromatic heterocycles. The third-order valence-corrected chi connectivity index (χ3v) is 3.55. The first kappa shape index (κ1) is 11.8. The van der Waals surface area contributed by atoms with Crippen LogP contribution in [0.5, 0.6) is 0 Å². The maximum absolute atomic E-state index is 11.5. The van der Waals surface area contributed by atoms with Crippen LogP contribution in [-0.4, -0.2) is 34.6 Å². The van der Waals surface area contributed by atoms with Crippen molar-refractivity contribution in [2.75, 3.05) is 6.26 Å². The molecule has 6 nitrogen and oxygen atoms in total. The molecule has 0 atom stereocenters. The van der Waals surface area contributed by atoms with Crippen molar-refractivity contribution in [3.05, 3.63) is 36.8 Å². The minimum Gasteiger partial charge on any atom is -0.345 e. The van der Waals surface area contributed by atoms with Crippen molar-refractivity contribution in [3.8, 4) is 11.3 Å². The molecule has 1 N–H and O–H groups in total. The van der Waals surface area contributed by atoms with Crippen LogP contribution in [0.15, 0.2) is 41.9 Å². The number of aromatic nitrogens is 4. The molecule has 19 heavy (non-hydrogen) atoms. The number of H-pyrrole nitrogens is 1. The Kier molecular flexibility index (Phi) is 2.56. The Morgan fingerprint density at radius 1 is 1.16 bits per heavy atom. The largest absolute Gasteiger partial charge is 0.345 e. The maximum atomic E-state index is 11.5. The number of hydrogen-bond acceptors (Lipinski definition) is 5. The van der Waals surface area contributed by atoms with Crippen molar-refractivity contribution >= 4 is 20.9 Å². The Balaban J connectivity index is 2.22. The lowest BCUT2D eigenvalue weighted by molar-refractivity contribution is 0.593. The zero-order chi connectivity index (χ0) is 13.5. The van der Waals surface area contributed by atoms with E-state index in [1.807, 2.05) is 12.1 Å². The van der Waals surface area contributed by atoms with Gasteiger partial charge in [-0.15, -0.1) is 0 Å². The van der Waals surface area contributed by atoms with Gasteiger partial charge in [0.25, 0.3) is 0 Å². The second-order valence-corrected chi connectivity index (χ2v) is 6.01. The summed E-state index contributed by atoms with van der Waals surface area (Å²) < 4.78 is 22.9. The van der Waals surface area contributed by atoms with E-state index in [1.165, 1.54) is 6.20 Å². The molecule has 0 aliphatic rings. The summed E-state index contributed by atoms with van der Waals surface area (Å²) in [5.74, 6) is 0. The number of nitrogens with one attached hydrogen (secondary N) is 1. The molecule has 0 radical (unpaired) electrons. The van der Waals surface area contributed by atoms with E-state index in [2.05, 4.69) is 19.9 Å². The van der Waals surface area contributed by atoms with E-state index >= 15 is 0 Å². The highest BCUT2D eigenvalue weighted by molar-refractivity contribution is 7.90. The van der Waals surface area contributed by atoms with Crippen molar-refractivity contribution in [2.45, 2.75) is 5.16 Å². The van der Waals surface area contributed by atoms with E-state index < -0.39 is 9.84 Å². The number of pyridine rings is 1. The summed E-state index contributed by atoms with van der Waals surface area (Å²) in [6.07, 6.45) is 5.97. The molecule has 0 amide bonds. The molecule has 0 aromatic carbocycles. The highest BCUT2D eigenvalue weighted by atomic mass is 32.2. The molecule has 96 valence electrons. The standard InChI is InChI=1S/C12H10N4O2S/c1-19(17,18)12-14-6-4-10(16-12)9-7-15-11-8(9)3-2-5-13-11/h2-7H,1H3,(H,13,15). The Hall–Kier alpha value is -2.28. The van der Waals surface area contributed by atoms with Gasteiger partial charge in [0.15, 0.2) is 0 Å². The second kappa shape index (κ2) is 4.13. The molecule has 3 rings (SSSR count). The van der Waals surface area contributed by atoms with Gasteiger partial charge in [-0.3, -0.25) is 0 Å². The first-order valence-corrected chi connectivity index (χ1v) is 7.40. The van der Waals surface area contributed by atoms with E-state index in [-0.39, 0.29) is 5.16 Å². The average Bonchev–Trinajstić information content (AvgIpc) is 2.82. The third-order valence-electron chi connectivity index (χ3n) is 2.69. The van der Waals surface area contributed by atoms with Crippen LogP contribution in [0, 0.1) is 0 Å². The lowest BCUT2D eigenvalue weighted by Gasteiger charge is -2.01. The fourth-order valence-electron chi connectivity index (χ4n) is 1.84. The Bertz CT molecular complexity index is 855. The van der Waals surface area contributed by atoms with Gasteiger partial charge in [0, 0.05) is 35.8 Å². The predicted octanol–water partition coefficient (Wildman–Crippen LogP) is 1.42. The van der Waals surface area contributed by atoms with Crippen molar-refractivity contribution in [1.29, 1.82) is 0 Å². The lowest BCUT2D eigenvalue weighted by atomic mass is 10.1. The predicted molar refractivity (Wildman–Crippen MR) is 70.2 cm³/mol. The molecule has 3 aromatic rings. The average molecular weight is 274 g/mol. The smallest absolute Gasteiger partial charge is 0.247 e. The van der Waals surface area contributed by atoms with Gasteiger partial charge in [0.2, 0.25) is 15.0 Å². The number of aromatic amines is 1. The Morgan fingerprint density at radius 3 is 2.79 bits per heavy atom. The quantitative estimate of drug-likeness (QED) is 0.714. The summed E-state index contributed by atoms with van der Waals surface area (Å²) in [4.78, 5) is 15.1. The van der Waals surface area contributed by atoms with E-state index in [9.17, 15) is 8.42 Å². The lowest BCUT2D eigenvalue weighted by Crippen LogP contribution is -2.04. The van der Waals surface area contributed by atoms with Crippen LogP contribution in [0.2, 0.25) is 0 Å². The van der Waals surface area contributed by atoms with Gasteiger partial charge in [-0.1, -0.05) is 0 Å². The molecule has 0 saturated heterocycles. The van der Waals surface area contributed by atoms with Crippen LogP contribution in [0.25, 0.3) is 22.3 Å². The van der Waals surface area contributed by atoms with Crippen LogP contribution < -0.4 is 0 Å². The fourth-order valence-corrected chi connectivity index (χ4v) is 2.35. The number of nitrogens with zero attached hydrogens (tertiary/aromatic N) is 3. The fraction of sp³-hybridized carbons (Fsp3) is 0.0833. The number of fused-ring (bicyclic) bond motifs is 1. The highest BCUT2D eigenvalue weighted by Crippen LogP contribution is 2.25. The molecular weight excluding hydrogens is 264 g/mol. The van der Waals surface area contributed by atoms with E-state index in [0.29, 0.717) is 5.69 Å². The van der Waals surface area contributed by atoms with E-state index in [1.54, 1.807) is 18.5 Å². The zero-order valence-electron chi connectivity index (χ0n) is 10.0. The number of rotatable bonds is 2. The van der Waals surface area contributed by atoms with Gasteiger partial charge in [-0.25, -0.2) is 23.4 Å². The van der Waals surface area contributed by atoms with Crippen LogP contribution in [0.3, 0.4) is 0 Å². The first-order chi connectivity index (χ1) is 9.05. The third kappa shape index (κ3) is 2.08. The SMILES string of the molecule is CS(=O)(=O)c1nccc(-c2c[nH]c3ncccc23)n1. The van der Waals surface area contributed by atoms with Gasteiger partial charge in [0.05, 0.1) is 5.69 Å². The van der Waals surface area contributed by atoms with Crippen molar-refractivity contribution in [3.63, 3.8) is 0 Å². The molecule has 0 fully saturated rings. The Labute approximate surface area is 109 Å². The molecule has 0 unspecified atom stereocenters. The minimum atomic E-state index is -3.42. The highest BCUT2D eigenvalue weighted by Gasteiger charge is 2.14. The van der Waals surface area contributed by atoms with Gasteiger partial charge in [-0.05, 0) is 18.2 Å². The first-order valence-electron chi connectivity index (χ1n) is 5.51. The number of sulfone groups is 1. The monoisotopic (exact) mass is 274 g/mol. The topological polar surface area (TPSA) is 88.6 Å². The summed E-state index contributed by atoms with van der Waals surface area (Å²) in [5.41, 5.74) is 2.09. The van der Waals surface area contributed by atoms with E-state index in [0.717, 1.165) is 22.9 Å². The molecule has 3 heterocycles. The molecule has 0 spiro atoms.